The van der Waals surface area contributed by atoms with Gasteiger partial charge in [-0.2, -0.15) is 11.8 Å². The summed E-state index contributed by atoms with van der Waals surface area (Å²) in [5, 5.41) is 14.4. The Balaban J connectivity index is 1.99. The van der Waals surface area contributed by atoms with Crippen molar-refractivity contribution in [2.24, 2.45) is 0 Å². The predicted octanol–water partition coefficient (Wildman–Crippen LogP) is 3.65. The molecule has 1 fully saturated rings. The van der Waals surface area contributed by atoms with Crippen LogP contribution >= 0.6 is 23.4 Å². The van der Waals surface area contributed by atoms with E-state index >= 15 is 0 Å². The first-order valence-corrected chi connectivity index (χ1v) is 8.45. The minimum absolute atomic E-state index is 0.111. The van der Waals surface area contributed by atoms with E-state index in [9.17, 15) is 14.9 Å². The molecule has 0 aliphatic heterocycles. The summed E-state index contributed by atoms with van der Waals surface area (Å²) in [4.78, 5) is 22.3. The maximum Gasteiger partial charge on any atom is 0.270 e. The highest BCUT2D eigenvalue weighted by Crippen LogP contribution is 2.28. The fourth-order valence-electron chi connectivity index (χ4n) is 2.51. The molecule has 1 aromatic carbocycles. The van der Waals surface area contributed by atoms with Crippen LogP contribution in [0.3, 0.4) is 0 Å². The summed E-state index contributed by atoms with van der Waals surface area (Å²) >= 11 is 7.84. The lowest BCUT2D eigenvalue weighted by Gasteiger charge is -2.28. The van der Waals surface area contributed by atoms with Crippen LogP contribution in [0.2, 0.25) is 5.02 Å². The summed E-state index contributed by atoms with van der Waals surface area (Å²) in [7, 11) is 0. The van der Waals surface area contributed by atoms with Gasteiger partial charge in [0.25, 0.3) is 11.6 Å². The summed E-state index contributed by atoms with van der Waals surface area (Å²) in [6.07, 6.45) is 6.23. The van der Waals surface area contributed by atoms with E-state index in [1.54, 1.807) is 0 Å². The fraction of sp³-hybridized carbons (Fsp3) is 0.500. The van der Waals surface area contributed by atoms with Crippen molar-refractivity contribution in [1.82, 2.24) is 5.32 Å². The van der Waals surface area contributed by atoms with Gasteiger partial charge in [0.1, 0.15) is 0 Å². The Bertz CT molecular complexity index is 545. The number of hydrogen-bond donors (Lipinski definition) is 1. The number of nitro benzene ring substituents is 1. The van der Waals surface area contributed by atoms with Crippen LogP contribution in [-0.2, 0) is 0 Å². The number of nitrogens with one attached hydrogen (secondary N) is 1. The van der Waals surface area contributed by atoms with Crippen LogP contribution in [0.25, 0.3) is 0 Å². The van der Waals surface area contributed by atoms with E-state index in [0.29, 0.717) is 5.25 Å². The van der Waals surface area contributed by atoms with Crippen molar-refractivity contribution < 1.29 is 9.72 Å². The third-order valence-electron chi connectivity index (χ3n) is 3.75. The largest absolute Gasteiger partial charge is 0.349 e. The number of thioether (sulfide) groups is 1. The van der Waals surface area contributed by atoms with E-state index in [1.165, 1.54) is 18.2 Å². The van der Waals surface area contributed by atoms with Gasteiger partial charge in [0, 0.05) is 23.4 Å². The normalized spacial score (nSPS) is 21.8. The van der Waals surface area contributed by atoms with E-state index in [4.69, 9.17) is 11.6 Å². The van der Waals surface area contributed by atoms with Crippen molar-refractivity contribution in [3.05, 3.63) is 38.9 Å². The highest BCUT2D eigenvalue weighted by atomic mass is 35.5. The predicted molar refractivity (Wildman–Crippen MR) is 85.1 cm³/mol. The number of halogens is 1. The molecule has 0 bridgehead atoms. The third kappa shape index (κ3) is 4.11. The molecule has 1 aliphatic carbocycles. The second-order valence-electron chi connectivity index (χ2n) is 5.10. The number of hydrogen-bond acceptors (Lipinski definition) is 4. The molecule has 0 aromatic heterocycles. The lowest BCUT2D eigenvalue weighted by Crippen LogP contribution is -2.38. The Morgan fingerprint density at radius 2 is 2.05 bits per heavy atom. The molecule has 1 saturated carbocycles. The van der Waals surface area contributed by atoms with E-state index in [0.717, 1.165) is 25.7 Å². The average Bonchev–Trinajstić information content (AvgIpc) is 2.47. The fourth-order valence-corrected chi connectivity index (χ4v) is 3.51. The van der Waals surface area contributed by atoms with Crippen LogP contribution in [0.1, 0.15) is 36.0 Å². The first kappa shape index (κ1) is 16.1. The van der Waals surface area contributed by atoms with E-state index in [1.807, 2.05) is 11.8 Å². The molecule has 21 heavy (non-hydrogen) atoms. The van der Waals surface area contributed by atoms with Crippen LogP contribution in [0, 0.1) is 10.1 Å². The van der Waals surface area contributed by atoms with Crippen molar-refractivity contribution >= 4 is 35.0 Å². The topological polar surface area (TPSA) is 72.2 Å². The smallest absolute Gasteiger partial charge is 0.270 e. The zero-order valence-corrected chi connectivity index (χ0v) is 13.2. The van der Waals surface area contributed by atoms with Gasteiger partial charge in [-0.1, -0.05) is 11.6 Å². The molecule has 0 radical (unpaired) electrons. The van der Waals surface area contributed by atoms with Gasteiger partial charge in [-0.15, -0.1) is 0 Å². The quantitative estimate of drug-likeness (QED) is 0.676. The van der Waals surface area contributed by atoms with Crippen molar-refractivity contribution in [2.75, 3.05) is 6.26 Å². The van der Waals surface area contributed by atoms with Gasteiger partial charge in [0.15, 0.2) is 0 Å². The van der Waals surface area contributed by atoms with Gasteiger partial charge in [-0.25, -0.2) is 0 Å². The minimum atomic E-state index is -0.531. The molecule has 0 heterocycles. The number of nitrogens with zero attached hydrogens (tertiary/aromatic N) is 1. The van der Waals surface area contributed by atoms with Crippen LogP contribution in [0.5, 0.6) is 0 Å². The monoisotopic (exact) mass is 328 g/mol. The van der Waals surface area contributed by atoms with Crippen LogP contribution in [0.15, 0.2) is 18.2 Å². The molecule has 1 aliphatic rings. The van der Waals surface area contributed by atoms with Crippen molar-refractivity contribution in [2.45, 2.75) is 37.0 Å². The van der Waals surface area contributed by atoms with Crippen molar-refractivity contribution in [1.29, 1.82) is 0 Å². The number of non-ortho nitro benzene ring substituents is 1. The first-order valence-electron chi connectivity index (χ1n) is 6.79. The molecule has 114 valence electrons. The molecule has 0 spiro atoms. The number of rotatable bonds is 4. The molecule has 5 nitrogen and oxygen atoms in total. The van der Waals surface area contributed by atoms with Gasteiger partial charge >= 0.3 is 0 Å². The number of carbonyl (C=O) groups is 1. The second kappa shape index (κ2) is 7.13. The van der Waals surface area contributed by atoms with Crippen molar-refractivity contribution in [3.63, 3.8) is 0 Å². The minimum Gasteiger partial charge on any atom is -0.349 e. The third-order valence-corrected chi connectivity index (χ3v) is 5.20. The zero-order chi connectivity index (χ0) is 15.4. The molecule has 1 amide bonds. The summed E-state index contributed by atoms with van der Waals surface area (Å²) < 4.78 is 0. The number of nitro groups is 1. The highest BCUT2D eigenvalue weighted by molar-refractivity contribution is 7.99. The molecule has 1 N–H and O–H groups in total. The Morgan fingerprint density at radius 3 is 2.57 bits per heavy atom. The Kier molecular flexibility index (Phi) is 5.47. The van der Waals surface area contributed by atoms with Gasteiger partial charge < -0.3 is 5.32 Å². The number of benzene rings is 1. The highest BCUT2D eigenvalue weighted by Gasteiger charge is 2.23. The molecular formula is C14H17ClN2O3S. The Hall–Kier alpha value is -1.27. The van der Waals surface area contributed by atoms with Crippen LogP contribution in [0.4, 0.5) is 5.69 Å². The summed E-state index contributed by atoms with van der Waals surface area (Å²) in [5.74, 6) is -0.262. The summed E-state index contributed by atoms with van der Waals surface area (Å²) in [6.45, 7) is 0. The Morgan fingerprint density at radius 1 is 1.38 bits per heavy atom. The number of carbonyl (C=O) groups excluding carboxylic acids is 1. The molecule has 1 aromatic rings. The maximum atomic E-state index is 12.2. The van der Waals surface area contributed by atoms with Gasteiger partial charge in [-0.05, 0) is 38.0 Å². The van der Waals surface area contributed by atoms with Crippen LogP contribution < -0.4 is 5.32 Å². The standard InChI is InChI=1S/C14H17ClN2O3S/c1-21-11-5-2-9(3-6-11)16-14(18)12-7-4-10(17(19)20)8-13(12)15/h4,7-9,11H,2-3,5-6H2,1H3,(H,16,18). The molecule has 0 unspecified atom stereocenters. The molecule has 0 saturated heterocycles. The van der Waals surface area contributed by atoms with Gasteiger partial charge in [-0.3, -0.25) is 14.9 Å². The average molecular weight is 329 g/mol. The molecule has 0 atom stereocenters. The van der Waals surface area contributed by atoms with Crippen molar-refractivity contribution in [3.8, 4) is 0 Å². The lowest BCUT2D eigenvalue weighted by molar-refractivity contribution is -0.384. The van der Waals surface area contributed by atoms with Gasteiger partial charge in [0.05, 0.1) is 15.5 Å². The van der Waals surface area contributed by atoms with Gasteiger partial charge in [0.2, 0.25) is 0 Å². The van der Waals surface area contributed by atoms with E-state index < -0.39 is 4.92 Å². The van der Waals surface area contributed by atoms with E-state index in [-0.39, 0.29) is 28.2 Å². The van der Waals surface area contributed by atoms with E-state index in [2.05, 4.69) is 11.6 Å². The molecule has 7 heteroatoms. The SMILES string of the molecule is CSC1CCC(NC(=O)c2ccc([N+](=O)[O-])cc2Cl)CC1. The zero-order valence-electron chi connectivity index (χ0n) is 11.7. The number of amides is 1. The maximum absolute atomic E-state index is 12.2. The summed E-state index contributed by atoms with van der Waals surface area (Å²) in [6, 6.07) is 4.07. The first-order chi connectivity index (χ1) is 10.0. The lowest BCUT2D eigenvalue weighted by atomic mass is 9.94. The molecular weight excluding hydrogens is 312 g/mol. The summed E-state index contributed by atoms with van der Waals surface area (Å²) in [5.41, 5.74) is 0.172. The molecule has 2 rings (SSSR count). The Labute approximate surface area is 132 Å². The van der Waals surface area contributed by atoms with Crippen LogP contribution in [-0.4, -0.2) is 28.4 Å². The second-order valence-corrected chi connectivity index (χ2v) is 6.65.